The highest BCUT2D eigenvalue weighted by Crippen LogP contribution is 2.14. The SMILES string of the molecule is O=S(=O)(Cl)CCNS(=O)(=O)c1ccc(Br)cc1. The summed E-state index contributed by atoms with van der Waals surface area (Å²) < 4.78 is 47.5. The second kappa shape index (κ2) is 5.66. The minimum Gasteiger partial charge on any atom is -0.212 e. The minimum atomic E-state index is -3.70. The van der Waals surface area contributed by atoms with E-state index in [1.54, 1.807) is 12.1 Å². The van der Waals surface area contributed by atoms with E-state index in [0.29, 0.717) is 0 Å². The first-order valence-electron chi connectivity index (χ1n) is 4.38. The van der Waals surface area contributed by atoms with Crippen molar-refractivity contribution in [3.8, 4) is 0 Å². The summed E-state index contributed by atoms with van der Waals surface area (Å²) in [7, 11) is -2.43. The average Bonchev–Trinajstić information content (AvgIpc) is 2.15. The number of rotatable bonds is 5. The highest BCUT2D eigenvalue weighted by atomic mass is 79.9. The smallest absolute Gasteiger partial charge is 0.212 e. The van der Waals surface area contributed by atoms with E-state index in [-0.39, 0.29) is 11.4 Å². The Labute approximate surface area is 113 Å². The Balaban J connectivity index is 2.73. The number of hydrogen-bond donors (Lipinski definition) is 1. The van der Waals surface area contributed by atoms with E-state index in [0.717, 1.165) is 4.47 Å². The van der Waals surface area contributed by atoms with Crippen LogP contribution in [0.25, 0.3) is 0 Å². The van der Waals surface area contributed by atoms with Crippen LogP contribution >= 0.6 is 26.6 Å². The number of benzene rings is 1. The standard InChI is InChI=1S/C8H9BrClNO4S2/c9-7-1-3-8(4-2-7)17(14,15)11-5-6-16(10,12)13/h1-4,11H,5-6H2. The maximum Gasteiger partial charge on any atom is 0.240 e. The minimum absolute atomic E-state index is 0.0627. The van der Waals surface area contributed by atoms with Crippen molar-refractivity contribution < 1.29 is 16.8 Å². The van der Waals surface area contributed by atoms with Gasteiger partial charge in [-0.15, -0.1) is 0 Å². The molecule has 17 heavy (non-hydrogen) atoms. The Kier molecular flexibility index (Phi) is 4.96. The van der Waals surface area contributed by atoms with Gasteiger partial charge in [-0.05, 0) is 24.3 Å². The summed E-state index contributed by atoms with van der Waals surface area (Å²) in [5, 5.41) is 0. The van der Waals surface area contributed by atoms with E-state index in [4.69, 9.17) is 10.7 Å². The third-order valence-corrected chi connectivity index (χ3v) is 4.92. The zero-order valence-electron chi connectivity index (χ0n) is 8.43. The second-order valence-corrected chi connectivity index (χ2v) is 8.67. The molecule has 0 amide bonds. The molecule has 96 valence electrons. The van der Waals surface area contributed by atoms with Crippen molar-refractivity contribution in [1.29, 1.82) is 0 Å². The van der Waals surface area contributed by atoms with Gasteiger partial charge < -0.3 is 0 Å². The number of sulfonamides is 1. The van der Waals surface area contributed by atoms with Gasteiger partial charge in [-0.2, -0.15) is 0 Å². The van der Waals surface area contributed by atoms with E-state index < -0.39 is 24.8 Å². The lowest BCUT2D eigenvalue weighted by atomic mass is 10.4. The van der Waals surface area contributed by atoms with E-state index >= 15 is 0 Å². The van der Waals surface area contributed by atoms with Crippen LogP contribution in [0.1, 0.15) is 0 Å². The summed E-state index contributed by atoms with van der Waals surface area (Å²) in [6, 6.07) is 5.96. The molecule has 0 bridgehead atoms. The van der Waals surface area contributed by atoms with Gasteiger partial charge in [0.15, 0.2) is 0 Å². The number of nitrogens with one attached hydrogen (secondary N) is 1. The Morgan fingerprint density at radius 3 is 2.12 bits per heavy atom. The summed E-state index contributed by atoms with van der Waals surface area (Å²) in [6.07, 6.45) is 0. The molecule has 0 unspecified atom stereocenters. The number of hydrogen-bond acceptors (Lipinski definition) is 4. The fourth-order valence-electron chi connectivity index (χ4n) is 0.995. The van der Waals surface area contributed by atoms with Crippen LogP contribution in [-0.2, 0) is 19.1 Å². The molecule has 1 aromatic carbocycles. The fraction of sp³-hybridized carbons (Fsp3) is 0.250. The van der Waals surface area contributed by atoms with Crippen LogP contribution in [0.2, 0.25) is 0 Å². The second-order valence-electron chi connectivity index (χ2n) is 3.09. The predicted molar refractivity (Wildman–Crippen MR) is 69.0 cm³/mol. The Bertz CT molecular complexity index is 582. The quantitative estimate of drug-likeness (QED) is 0.801. The van der Waals surface area contributed by atoms with Gasteiger partial charge in [-0.25, -0.2) is 21.6 Å². The Hall–Kier alpha value is -0.150. The molecule has 0 fully saturated rings. The largest absolute Gasteiger partial charge is 0.240 e. The van der Waals surface area contributed by atoms with Gasteiger partial charge in [0.25, 0.3) is 0 Å². The molecule has 9 heteroatoms. The van der Waals surface area contributed by atoms with Gasteiger partial charge in [0.2, 0.25) is 19.1 Å². The van der Waals surface area contributed by atoms with Crippen LogP contribution < -0.4 is 4.72 Å². The molecule has 0 heterocycles. The average molecular weight is 363 g/mol. The molecule has 0 aromatic heterocycles. The highest BCUT2D eigenvalue weighted by Gasteiger charge is 2.14. The molecule has 1 aromatic rings. The molecule has 0 spiro atoms. The van der Waals surface area contributed by atoms with Gasteiger partial charge in [-0.1, -0.05) is 15.9 Å². The van der Waals surface area contributed by atoms with Gasteiger partial charge in [-0.3, -0.25) is 0 Å². The lowest BCUT2D eigenvalue weighted by Crippen LogP contribution is -2.28. The molecule has 0 atom stereocenters. The van der Waals surface area contributed by atoms with E-state index in [9.17, 15) is 16.8 Å². The van der Waals surface area contributed by atoms with Crippen LogP contribution in [0, 0.1) is 0 Å². The highest BCUT2D eigenvalue weighted by molar-refractivity contribution is 9.10. The third kappa shape index (κ3) is 5.35. The summed E-state index contributed by atoms with van der Waals surface area (Å²) >= 11 is 3.18. The van der Waals surface area contributed by atoms with Gasteiger partial charge in [0.05, 0.1) is 10.6 Å². The van der Waals surface area contributed by atoms with Crippen molar-refractivity contribution in [2.24, 2.45) is 0 Å². The first-order valence-corrected chi connectivity index (χ1v) is 9.14. The molecule has 0 saturated carbocycles. The van der Waals surface area contributed by atoms with Crippen molar-refractivity contribution in [3.05, 3.63) is 28.7 Å². The van der Waals surface area contributed by atoms with E-state index in [2.05, 4.69) is 20.7 Å². The summed E-state index contributed by atoms with van der Waals surface area (Å²) in [5.41, 5.74) is 0. The first kappa shape index (κ1) is 14.9. The molecule has 0 aliphatic carbocycles. The summed E-state index contributed by atoms with van der Waals surface area (Å²) in [4.78, 5) is 0.0627. The maximum atomic E-state index is 11.7. The molecular weight excluding hydrogens is 354 g/mol. The normalized spacial score (nSPS) is 12.6. The monoisotopic (exact) mass is 361 g/mol. The molecule has 1 rings (SSSR count). The molecule has 0 radical (unpaired) electrons. The Morgan fingerprint density at radius 2 is 1.65 bits per heavy atom. The van der Waals surface area contributed by atoms with Crippen LogP contribution in [-0.4, -0.2) is 29.1 Å². The van der Waals surface area contributed by atoms with E-state index in [1.807, 2.05) is 0 Å². The zero-order valence-corrected chi connectivity index (χ0v) is 12.4. The lowest BCUT2D eigenvalue weighted by molar-refractivity contribution is 0.582. The van der Waals surface area contributed by atoms with Gasteiger partial charge in [0.1, 0.15) is 0 Å². The molecule has 0 aliphatic rings. The van der Waals surface area contributed by atoms with Crippen molar-refractivity contribution in [3.63, 3.8) is 0 Å². The van der Waals surface area contributed by atoms with Crippen molar-refractivity contribution in [2.45, 2.75) is 4.90 Å². The van der Waals surface area contributed by atoms with Gasteiger partial charge in [0, 0.05) is 21.7 Å². The topological polar surface area (TPSA) is 80.3 Å². The molecule has 1 N–H and O–H groups in total. The van der Waals surface area contributed by atoms with Crippen LogP contribution in [0.15, 0.2) is 33.6 Å². The molecular formula is C8H9BrClNO4S2. The van der Waals surface area contributed by atoms with Gasteiger partial charge >= 0.3 is 0 Å². The fourth-order valence-corrected chi connectivity index (χ4v) is 3.00. The predicted octanol–water partition coefficient (Wildman–Crippen LogP) is 1.30. The van der Waals surface area contributed by atoms with E-state index in [1.165, 1.54) is 12.1 Å². The molecule has 0 aliphatic heterocycles. The molecule has 5 nitrogen and oxygen atoms in total. The summed E-state index contributed by atoms with van der Waals surface area (Å²) in [6.45, 7) is -0.260. The number of halogens is 2. The maximum absolute atomic E-state index is 11.7. The molecule has 0 saturated heterocycles. The lowest BCUT2D eigenvalue weighted by Gasteiger charge is -2.05. The summed E-state index contributed by atoms with van der Waals surface area (Å²) in [5.74, 6) is -0.454. The zero-order chi connectivity index (χ0) is 13.1. The Morgan fingerprint density at radius 1 is 1.12 bits per heavy atom. The van der Waals surface area contributed by atoms with Crippen molar-refractivity contribution in [1.82, 2.24) is 4.72 Å². The van der Waals surface area contributed by atoms with Crippen LogP contribution in [0.4, 0.5) is 0 Å². The van der Waals surface area contributed by atoms with Crippen molar-refractivity contribution in [2.75, 3.05) is 12.3 Å². The van der Waals surface area contributed by atoms with Crippen molar-refractivity contribution >= 4 is 45.7 Å². The van der Waals surface area contributed by atoms with Crippen LogP contribution in [0.5, 0.6) is 0 Å². The third-order valence-electron chi connectivity index (χ3n) is 1.76. The van der Waals surface area contributed by atoms with Crippen LogP contribution in [0.3, 0.4) is 0 Å². The first-order chi connectivity index (χ1) is 7.71.